The molecule has 1 unspecified atom stereocenters. The predicted octanol–water partition coefficient (Wildman–Crippen LogP) is 2.07. The highest BCUT2D eigenvalue weighted by molar-refractivity contribution is 5.20. The summed E-state index contributed by atoms with van der Waals surface area (Å²) in [7, 11) is 3.72. The molecule has 1 aromatic carbocycles. The van der Waals surface area contributed by atoms with Gasteiger partial charge in [-0.05, 0) is 25.1 Å². The van der Waals surface area contributed by atoms with Crippen LogP contribution in [0.5, 0.6) is 0 Å². The van der Waals surface area contributed by atoms with Crippen LogP contribution in [0.25, 0.3) is 0 Å². The smallest absolute Gasteiger partial charge is 0.162 e. The molecule has 5 heteroatoms. The van der Waals surface area contributed by atoms with Crippen molar-refractivity contribution in [1.29, 1.82) is 0 Å². The van der Waals surface area contributed by atoms with E-state index in [9.17, 15) is 8.78 Å². The lowest BCUT2D eigenvalue weighted by molar-refractivity contribution is 0.478. The molecule has 2 aromatic rings. The first-order valence-corrected chi connectivity index (χ1v) is 6.18. The number of benzene rings is 1. The third kappa shape index (κ3) is 3.17. The highest BCUT2D eigenvalue weighted by Crippen LogP contribution is 2.14. The third-order valence-corrected chi connectivity index (χ3v) is 3.26. The maximum Gasteiger partial charge on any atom is 0.162 e. The zero-order chi connectivity index (χ0) is 13.8. The summed E-state index contributed by atoms with van der Waals surface area (Å²) in [6, 6.07) is 4.28. The standard InChI is InChI=1S/C14H17F2N3/c1-17-11(9-13-18-6-7-19(13)2)8-10-4-3-5-12(15)14(10)16/h3-7,11,17H,8-9H2,1-2H3. The number of halogens is 2. The summed E-state index contributed by atoms with van der Waals surface area (Å²) < 4.78 is 28.7. The van der Waals surface area contributed by atoms with Crippen molar-refractivity contribution in [3.05, 3.63) is 53.6 Å². The van der Waals surface area contributed by atoms with Crippen LogP contribution < -0.4 is 5.32 Å². The predicted molar refractivity (Wildman–Crippen MR) is 69.8 cm³/mol. The molecule has 0 aliphatic carbocycles. The molecule has 19 heavy (non-hydrogen) atoms. The lowest BCUT2D eigenvalue weighted by atomic mass is 10.0. The highest BCUT2D eigenvalue weighted by atomic mass is 19.2. The minimum Gasteiger partial charge on any atom is -0.338 e. The van der Waals surface area contributed by atoms with Crippen molar-refractivity contribution < 1.29 is 8.78 Å². The minimum absolute atomic E-state index is 0.0115. The van der Waals surface area contributed by atoms with Crippen LogP contribution in [0.4, 0.5) is 8.78 Å². The monoisotopic (exact) mass is 265 g/mol. The quantitative estimate of drug-likeness (QED) is 0.897. The van der Waals surface area contributed by atoms with Gasteiger partial charge in [0.05, 0.1) is 0 Å². The van der Waals surface area contributed by atoms with Crippen LogP contribution >= 0.6 is 0 Å². The van der Waals surface area contributed by atoms with Crippen LogP contribution in [-0.2, 0) is 19.9 Å². The van der Waals surface area contributed by atoms with Crippen molar-refractivity contribution in [2.24, 2.45) is 7.05 Å². The van der Waals surface area contributed by atoms with Crippen LogP contribution in [-0.4, -0.2) is 22.6 Å². The Morgan fingerprint density at radius 2 is 2.11 bits per heavy atom. The lowest BCUT2D eigenvalue weighted by Gasteiger charge is -2.16. The molecule has 0 saturated heterocycles. The fourth-order valence-corrected chi connectivity index (χ4v) is 2.06. The van der Waals surface area contributed by atoms with Crippen molar-refractivity contribution >= 4 is 0 Å². The van der Waals surface area contributed by atoms with E-state index in [1.165, 1.54) is 6.07 Å². The molecule has 0 amide bonds. The second-order valence-electron chi connectivity index (χ2n) is 4.56. The normalized spacial score (nSPS) is 12.6. The van der Waals surface area contributed by atoms with Crippen molar-refractivity contribution in [3.63, 3.8) is 0 Å². The molecular weight excluding hydrogens is 248 g/mol. The van der Waals surface area contributed by atoms with E-state index in [4.69, 9.17) is 0 Å². The number of hydrogen-bond donors (Lipinski definition) is 1. The molecule has 0 saturated carbocycles. The first-order chi connectivity index (χ1) is 9.11. The molecule has 0 bridgehead atoms. The first kappa shape index (κ1) is 13.7. The van der Waals surface area contributed by atoms with Crippen LogP contribution in [0, 0.1) is 11.6 Å². The Hall–Kier alpha value is -1.75. The van der Waals surface area contributed by atoms with Gasteiger partial charge in [0.25, 0.3) is 0 Å². The van der Waals surface area contributed by atoms with E-state index in [2.05, 4.69) is 10.3 Å². The highest BCUT2D eigenvalue weighted by Gasteiger charge is 2.15. The van der Waals surface area contributed by atoms with Gasteiger partial charge in [-0.25, -0.2) is 13.8 Å². The molecule has 1 N–H and O–H groups in total. The van der Waals surface area contributed by atoms with E-state index in [1.54, 1.807) is 12.3 Å². The average molecular weight is 265 g/mol. The number of nitrogens with zero attached hydrogens (tertiary/aromatic N) is 2. The molecule has 0 spiro atoms. The van der Waals surface area contributed by atoms with Crippen molar-refractivity contribution in [3.8, 4) is 0 Å². The Bertz CT molecular complexity index is 551. The third-order valence-electron chi connectivity index (χ3n) is 3.26. The lowest BCUT2D eigenvalue weighted by Crippen LogP contribution is -2.31. The maximum atomic E-state index is 13.6. The van der Waals surface area contributed by atoms with E-state index >= 15 is 0 Å². The zero-order valence-electron chi connectivity index (χ0n) is 11.0. The van der Waals surface area contributed by atoms with Gasteiger partial charge in [0.15, 0.2) is 11.6 Å². The summed E-state index contributed by atoms with van der Waals surface area (Å²) in [6.07, 6.45) is 4.68. The molecule has 0 fully saturated rings. The second-order valence-corrected chi connectivity index (χ2v) is 4.56. The van der Waals surface area contributed by atoms with Gasteiger partial charge in [0.2, 0.25) is 0 Å². The SMILES string of the molecule is CNC(Cc1cccc(F)c1F)Cc1nccn1C. The Kier molecular flexibility index (Phi) is 4.27. The zero-order valence-corrected chi connectivity index (χ0v) is 11.0. The minimum atomic E-state index is -0.802. The molecule has 0 aliphatic rings. The van der Waals surface area contributed by atoms with E-state index in [1.807, 2.05) is 24.9 Å². The number of rotatable bonds is 5. The number of aryl methyl sites for hydroxylation is 1. The first-order valence-electron chi connectivity index (χ1n) is 6.18. The van der Waals surface area contributed by atoms with E-state index in [-0.39, 0.29) is 6.04 Å². The number of imidazole rings is 1. The Morgan fingerprint density at radius 3 is 2.74 bits per heavy atom. The maximum absolute atomic E-state index is 13.6. The summed E-state index contributed by atoms with van der Waals surface area (Å²) in [6.45, 7) is 0. The van der Waals surface area contributed by atoms with Gasteiger partial charge in [0.1, 0.15) is 5.82 Å². The largest absolute Gasteiger partial charge is 0.338 e. The topological polar surface area (TPSA) is 29.9 Å². The number of hydrogen-bond acceptors (Lipinski definition) is 2. The van der Waals surface area contributed by atoms with Gasteiger partial charge < -0.3 is 9.88 Å². The van der Waals surface area contributed by atoms with E-state index in [0.29, 0.717) is 18.4 Å². The fraction of sp³-hybridized carbons (Fsp3) is 0.357. The van der Waals surface area contributed by atoms with Gasteiger partial charge in [-0.3, -0.25) is 0 Å². The summed E-state index contributed by atoms with van der Waals surface area (Å²) in [5.41, 5.74) is 0.383. The molecular formula is C14H17F2N3. The Morgan fingerprint density at radius 1 is 1.32 bits per heavy atom. The fourth-order valence-electron chi connectivity index (χ4n) is 2.06. The van der Waals surface area contributed by atoms with Crippen LogP contribution in [0.3, 0.4) is 0 Å². The number of aromatic nitrogens is 2. The molecule has 102 valence electrons. The Labute approximate surface area is 111 Å². The van der Waals surface area contributed by atoms with Gasteiger partial charge in [-0.2, -0.15) is 0 Å². The summed E-state index contributed by atoms with van der Waals surface area (Å²) in [5, 5.41) is 3.12. The van der Waals surface area contributed by atoms with Crippen molar-refractivity contribution in [2.45, 2.75) is 18.9 Å². The molecule has 1 aromatic heterocycles. The van der Waals surface area contributed by atoms with Crippen molar-refractivity contribution in [1.82, 2.24) is 14.9 Å². The van der Waals surface area contributed by atoms with Gasteiger partial charge >= 0.3 is 0 Å². The van der Waals surface area contributed by atoms with E-state index in [0.717, 1.165) is 11.9 Å². The summed E-state index contributed by atoms with van der Waals surface area (Å²) in [4.78, 5) is 4.24. The summed E-state index contributed by atoms with van der Waals surface area (Å²) in [5.74, 6) is -0.650. The van der Waals surface area contributed by atoms with Gasteiger partial charge in [0, 0.05) is 31.9 Å². The average Bonchev–Trinajstić information content (AvgIpc) is 2.79. The molecule has 0 aliphatic heterocycles. The van der Waals surface area contributed by atoms with Crippen LogP contribution in [0.2, 0.25) is 0 Å². The molecule has 1 heterocycles. The molecule has 3 nitrogen and oxygen atoms in total. The molecule has 2 rings (SSSR count). The second kappa shape index (κ2) is 5.93. The molecule has 1 atom stereocenters. The van der Waals surface area contributed by atoms with Crippen LogP contribution in [0.1, 0.15) is 11.4 Å². The van der Waals surface area contributed by atoms with Gasteiger partial charge in [-0.15, -0.1) is 0 Å². The van der Waals surface area contributed by atoms with Crippen LogP contribution in [0.15, 0.2) is 30.6 Å². The Balaban J connectivity index is 2.11. The summed E-state index contributed by atoms with van der Waals surface area (Å²) >= 11 is 0. The van der Waals surface area contributed by atoms with E-state index < -0.39 is 11.6 Å². The number of likely N-dealkylation sites (N-methyl/N-ethyl adjacent to an activating group) is 1. The number of nitrogens with one attached hydrogen (secondary N) is 1. The van der Waals surface area contributed by atoms with Gasteiger partial charge in [-0.1, -0.05) is 12.1 Å². The van der Waals surface area contributed by atoms with Crippen molar-refractivity contribution in [2.75, 3.05) is 7.05 Å². The molecule has 0 radical (unpaired) electrons.